The van der Waals surface area contributed by atoms with Gasteiger partial charge in [-0.1, -0.05) is 4.48 Å². The van der Waals surface area contributed by atoms with Crippen LogP contribution in [-0.2, 0) is 6.42 Å². The number of hydrogen-bond donors (Lipinski definition) is 0. The number of hydrogen-bond acceptors (Lipinski definition) is 7. The second-order valence-corrected chi connectivity index (χ2v) is 7.88. The van der Waals surface area contributed by atoms with E-state index in [1.54, 1.807) is 0 Å². The van der Waals surface area contributed by atoms with Crippen molar-refractivity contribution in [2.45, 2.75) is 26.3 Å². The maximum absolute atomic E-state index is 13.5. The molecule has 3 aromatic rings. The van der Waals surface area contributed by atoms with Crippen LogP contribution in [0.3, 0.4) is 0 Å². The van der Waals surface area contributed by atoms with Crippen molar-refractivity contribution in [2.24, 2.45) is 0 Å². The topological polar surface area (TPSA) is 78.6 Å². The van der Waals surface area contributed by atoms with Crippen molar-refractivity contribution in [3.05, 3.63) is 47.1 Å². The number of aromatic nitrogens is 3. The number of carbonyl (C=O) groups excluding carboxylic acids is 1. The van der Waals surface area contributed by atoms with E-state index in [1.165, 1.54) is 6.20 Å². The Balaban J connectivity index is 1.27. The second-order valence-electron chi connectivity index (χ2n) is 7.88. The van der Waals surface area contributed by atoms with Crippen molar-refractivity contribution < 1.29 is 13.7 Å². The molecule has 8 nitrogen and oxygen atoms in total. The van der Waals surface area contributed by atoms with Crippen LogP contribution in [0.5, 0.6) is 0 Å². The monoisotopic (exact) mass is 410 g/mol. The van der Waals surface area contributed by atoms with Crippen molar-refractivity contribution in [3.8, 4) is 0 Å². The van der Waals surface area contributed by atoms with Crippen LogP contribution in [0.15, 0.2) is 28.9 Å². The van der Waals surface area contributed by atoms with Crippen molar-refractivity contribution >= 4 is 23.0 Å². The Morgan fingerprint density at radius 1 is 1.10 bits per heavy atom. The number of rotatable bonds is 3. The van der Waals surface area contributed by atoms with Crippen molar-refractivity contribution in [1.29, 1.82) is 0 Å². The van der Waals surface area contributed by atoms with E-state index < -0.39 is 5.91 Å². The number of aryl methyl sites for hydroxylation is 1. The zero-order chi connectivity index (χ0) is 20.8. The van der Waals surface area contributed by atoms with Gasteiger partial charge in [0.25, 0.3) is 5.91 Å². The molecule has 30 heavy (non-hydrogen) atoms. The number of furan rings is 1. The third-order valence-electron chi connectivity index (χ3n) is 5.99. The number of carbonyl (C=O) groups is 1. The number of anilines is 1. The third kappa shape index (κ3) is 3.28. The second kappa shape index (κ2) is 7.32. The number of piperazine rings is 1. The van der Waals surface area contributed by atoms with E-state index in [-0.39, 0.29) is 23.3 Å². The Bertz CT molecular complexity index is 1110. The molecule has 5 heterocycles. The minimum Gasteiger partial charge on any atom is -0.460 e. The Hall–Kier alpha value is -3.07. The van der Waals surface area contributed by atoms with Crippen LogP contribution in [0.2, 0.25) is 0 Å². The first-order valence-electron chi connectivity index (χ1n) is 10.2. The minimum atomic E-state index is -0.654. The fraction of sp³-hybridized carbons (Fsp3) is 0.429. The minimum absolute atomic E-state index is 0.0428. The first kappa shape index (κ1) is 18.9. The number of amides is 1. The summed E-state index contributed by atoms with van der Waals surface area (Å²) >= 11 is 0. The lowest BCUT2D eigenvalue weighted by molar-refractivity contribution is 0.0166. The molecule has 0 N–H and O–H groups in total. The summed E-state index contributed by atoms with van der Waals surface area (Å²) in [4.78, 5) is 29.8. The molecular weight excluding hydrogens is 387 g/mol. The summed E-state index contributed by atoms with van der Waals surface area (Å²) in [6, 6.07) is 4.23. The lowest BCUT2D eigenvalue weighted by atomic mass is 10.1. The van der Waals surface area contributed by atoms with Gasteiger partial charge in [0.05, 0.1) is 17.8 Å². The molecule has 0 bridgehead atoms. The quantitative estimate of drug-likeness (QED) is 0.614. The maximum atomic E-state index is 13.5. The van der Waals surface area contributed by atoms with E-state index in [4.69, 9.17) is 4.42 Å². The number of halogens is 1. The first-order valence-corrected chi connectivity index (χ1v) is 10.2. The highest BCUT2D eigenvalue weighted by molar-refractivity contribution is 5.95. The van der Waals surface area contributed by atoms with Crippen LogP contribution in [-0.4, -0.2) is 63.6 Å². The van der Waals surface area contributed by atoms with E-state index in [0.29, 0.717) is 18.1 Å². The van der Waals surface area contributed by atoms with Gasteiger partial charge in [0.1, 0.15) is 11.3 Å². The molecule has 1 amide bonds. The van der Waals surface area contributed by atoms with Gasteiger partial charge in [0.15, 0.2) is 5.58 Å². The summed E-state index contributed by atoms with van der Waals surface area (Å²) in [5.41, 5.74) is 3.72. The molecule has 0 radical (unpaired) electrons. The van der Waals surface area contributed by atoms with Crippen molar-refractivity contribution in [1.82, 2.24) is 25.0 Å². The zero-order valence-corrected chi connectivity index (χ0v) is 17.0. The highest BCUT2D eigenvalue weighted by Crippen LogP contribution is 2.26. The van der Waals surface area contributed by atoms with Crippen LogP contribution < -0.4 is 4.90 Å². The molecule has 1 unspecified atom stereocenters. The van der Waals surface area contributed by atoms with Gasteiger partial charge in [0.2, 0.25) is 5.95 Å². The molecule has 3 aromatic heterocycles. The van der Waals surface area contributed by atoms with Crippen molar-refractivity contribution in [3.63, 3.8) is 0 Å². The summed E-state index contributed by atoms with van der Waals surface area (Å²) < 4.78 is 19.2. The Labute approximate surface area is 173 Å². The van der Waals surface area contributed by atoms with Crippen molar-refractivity contribution in [2.75, 3.05) is 37.6 Å². The molecule has 5 rings (SSSR count). The number of nitrogens with zero attached hydrogens (tertiary/aromatic N) is 6. The lowest BCUT2D eigenvalue weighted by Gasteiger charge is -2.38. The Morgan fingerprint density at radius 2 is 1.90 bits per heavy atom. The van der Waals surface area contributed by atoms with Gasteiger partial charge >= 0.3 is 0 Å². The fourth-order valence-corrected chi connectivity index (χ4v) is 4.17. The van der Waals surface area contributed by atoms with Gasteiger partial charge in [-0.15, -0.1) is 0 Å². The fourth-order valence-electron chi connectivity index (χ4n) is 4.17. The highest BCUT2D eigenvalue weighted by Gasteiger charge is 2.28. The van der Waals surface area contributed by atoms with Gasteiger partial charge in [0, 0.05) is 57.1 Å². The van der Waals surface area contributed by atoms with Gasteiger partial charge in [-0.25, -0.2) is 9.97 Å². The van der Waals surface area contributed by atoms with Crippen LogP contribution in [0, 0.1) is 6.92 Å². The van der Waals surface area contributed by atoms with Crippen LogP contribution in [0.25, 0.3) is 11.1 Å². The predicted molar refractivity (Wildman–Crippen MR) is 109 cm³/mol. The molecule has 2 aliphatic heterocycles. The lowest BCUT2D eigenvalue weighted by Crippen LogP contribution is -2.48. The normalized spacial score (nSPS) is 18.7. The summed E-state index contributed by atoms with van der Waals surface area (Å²) in [6.07, 6.45) is 3.78. The molecule has 2 aliphatic rings. The summed E-state index contributed by atoms with van der Waals surface area (Å²) in [7, 11) is 0. The number of fused-ring (bicyclic) bond motifs is 2. The molecule has 9 heteroatoms. The van der Waals surface area contributed by atoms with Crippen LogP contribution >= 0.6 is 0 Å². The van der Waals surface area contributed by atoms with Crippen LogP contribution in [0.1, 0.15) is 40.3 Å². The SMILES string of the molecule is Cc1cc2ncc(C(C)N3CCN(c4ncc5c(n4)CCN(F)C5=O)CC3)cc2o1. The smallest absolute Gasteiger partial charge is 0.284 e. The molecule has 0 aliphatic carbocycles. The highest BCUT2D eigenvalue weighted by atomic mass is 19.2. The van der Waals surface area contributed by atoms with Gasteiger partial charge in [-0.2, -0.15) is 5.12 Å². The maximum Gasteiger partial charge on any atom is 0.284 e. The van der Waals surface area contributed by atoms with E-state index in [1.807, 2.05) is 19.2 Å². The number of pyridine rings is 1. The predicted octanol–water partition coefficient (Wildman–Crippen LogP) is 2.69. The zero-order valence-electron chi connectivity index (χ0n) is 17.0. The van der Waals surface area contributed by atoms with E-state index >= 15 is 0 Å². The van der Waals surface area contributed by atoms with Gasteiger partial charge < -0.3 is 9.32 Å². The van der Waals surface area contributed by atoms with E-state index in [9.17, 15) is 9.28 Å². The van der Waals surface area contributed by atoms with Crippen LogP contribution in [0.4, 0.5) is 10.4 Å². The average Bonchev–Trinajstić information content (AvgIpc) is 3.15. The average molecular weight is 410 g/mol. The first-order chi connectivity index (χ1) is 14.5. The van der Waals surface area contributed by atoms with E-state index in [0.717, 1.165) is 48.6 Å². The summed E-state index contributed by atoms with van der Waals surface area (Å²) in [5.74, 6) is 0.816. The van der Waals surface area contributed by atoms with E-state index in [2.05, 4.69) is 37.7 Å². The molecule has 0 saturated carbocycles. The Kier molecular flexibility index (Phi) is 4.62. The summed E-state index contributed by atoms with van der Waals surface area (Å²) in [5, 5.41) is 0.224. The van der Waals surface area contributed by atoms with Gasteiger partial charge in [-0.3, -0.25) is 14.7 Å². The summed E-state index contributed by atoms with van der Waals surface area (Å²) in [6.45, 7) is 7.42. The molecule has 0 spiro atoms. The third-order valence-corrected chi connectivity index (χ3v) is 5.99. The standard InChI is InChI=1S/C21H23FN6O2/c1-13-9-18-19(30-13)10-15(11-23-18)14(2)26-5-7-27(8-6-26)21-24-12-16-17(25-21)3-4-28(22)20(16)29/h9-12,14H,3-8H2,1-2H3. The molecular formula is C21H23FN6O2. The molecule has 0 aromatic carbocycles. The molecule has 156 valence electrons. The Morgan fingerprint density at radius 3 is 2.70 bits per heavy atom. The molecule has 1 atom stereocenters. The van der Waals surface area contributed by atoms with Gasteiger partial charge in [-0.05, 0) is 25.5 Å². The molecule has 1 saturated heterocycles. The largest absolute Gasteiger partial charge is 0.460 e. The molecule has 1 fully saturated rings.